The van der Waals surface area contributed by atoms with Gasteiger partial charge in [0.15, 0.2) is 0 Å². The van der Waals surface area contributed by atoms with Crippen LogP contribution in [-0.4, -0.2) is 19.3 Å². The zero-order chi connectivity index (χ0) is 8.81. The largest absolute Gasteiger partial charge is 0.381 e. The Morgan fingerprint density at radius 3 is 3.00 bits per heavy atom. The average molecular weight is 172 g/mol. The number of hydrazine groups is 1. The molecular formula is C9H20N2O. The molecule has 72 valence electrons. The van der Waals surface area contributed by atoms with Crippen LogP contribution in [0.3, 0.4) is 0 Å². The standard InChI is InChI=1S/C9H20N2O/c1-2-3-4-9(11-10)8-5-6-12-7-8/h8-9,11H,2-7,10H2,1H3. The fourth-order valence-corrected chi connectivity index (χ4v) is 1.75. The molecule has 3 heteroatoms. The summed E-state index contributed by atoms with van der Waals surface area (Å²) >= 11 is 0. The van der Waals surface area contributed by atoms with Gasteiger partial charge in [-0.05, 0) is 12.8 Å². The maximum atomic E-state index is 5.49. The van der Waals surface area contributed by atoms with Crippen LogP contribution in [0.2, 0.25) is 0 Å². The van der Waals surface area contributed by atoms with Crippen molar-refractivity contribution in [3.8, 4) is 0 Å². The van der Waals surface area contributed by atoms with Gasteiger partial charge in [0, 0.05) is 18.6 Å². The van der Waals surface area contributed by atoms with E-state index in [0.717, 1.165) is 13.2 Å². The Bertz CT molecular complexity index is 113. The van der Waals surface area contributed by atoms with Gasteiger partial charge in [0.2, 0.25) is 0 Å². The van der Waals surface area contributed by atoms with Gasteiger partial charge in [0.05, 0.1) is 6.61 Å². The highest BCUT2D eigenvalue weighted by atomic mass is 16.5. The van der Waals surface area contributed by atoms with Gasteiger partial charge >= 0.3 is 0 Å². The van der Waals surface area contributed by atoms with Crippen LogP contribution in [0.1, 0.15) is 32.6 Å². The highest BCUT2D eigenvalue weighted by molar-refractivity contribution is 4.77. The summed E-state index contributed by atoms with van der Waals surface area (Å²) in [6.07, 6.45) is 4.84. The first-order valence-electron chi connectivity index (χ1n) is 4.92. The van der Waals surface area contributed by atoms with Gasteiger partial charge in [-0.2, -0.15) is 0 Å². The van der Waals surface area contributed by atoms with E-state index in [1.165, 1.54) is 25.7 Å². The first kappa shape index (κ1) is 9.96. The third-order valence-corrected chi connectivity index (χ3v) is 2.62. The van der Waals surface area contributed by atoms with E-state index in [0.29, 0.717) is 12.0 Å². The van der Waals surface area contributed by atoms with Gasteiger partial charge in [-0.1, -0.05) is 19.8 Å². The maximum absolute atomic E-state index is 5.49. The van der Waals surface area contributed by atoms with Gasteiger partial charge in [-0.25, -0.2) is 0 Å². The first-order valence-corrected chi connectivity index (χ1v) is 4.92. The van der Waals surface area contributed by atoms with E-state index >= 15 is 0 Å². The van der Waals surface area contributed by atoms with Crippen LogP contribution >= 0.6 is 0 Å². The minimum atomic E-state index is 0.465. The van der Waals surface area contributed by atoms with Gasteiger partial charge in [0.1, 0.15) is 0 Å². The molecule has 0 saturated carbocycles. The number of nitrogens with two attached hydrogens (primary N) is 1. The van der Waals surface area contributed by atoms with Crippen LogP contribution in [0.25, 0.3) is 0 Å². The van der Waals surface area contributed by atoms with Crippen molar-refractivity contribution in [1.29, 1.82) is 0 Å². The van der Waals surface area contributed by atoms with Gasteiger partial charge < -0.3 is 4.74 Å². The lowest BCUT2D eigenvalue weighted by molar-refractivity contribution is 0.175. The number of hydrogen-bond donors (Lipinski definition) is 2. The molecule has 1 aliphatic heterocycles. The molecule has 0 aromatic heterocycles. The molecule has 1 saturated heterocycles. The number of rotatable bonds is 5. The summed E-state index contributed by atoms with van der Waals surface area (Å²) in [5, 5.41) is 0. The molecule has 1 fully saturated rings. The Hall–Kier alpha value is -0.120. The minimum absolute atomic E-state index is 0.465. The Morgan fingerprint density at radius 1 is 1.67 bits per heavy atom. The van der Waals surface area contributed by atoms with Crippen molar-refractivity contribution in [3.63, 3.8) is 0 Å². The summed E-state index contributed by atoms with van der Waals surface area (Å²) in [5.74, 6) is 6.13. The van der Waals surface area contributed by atoms with Crippen LogP contribution in [0, 0.1) is 5.92 Å². The molecule has 0 aromatic carbocycles. The van der Waals surface area contributed by atoms with E-state index in [1.807, 2.05) is 0 Å². The second kappa shape index (κ2) is 5.51. The first-order chi connectivity index (χ1) is 5.88. The highest BCUT2D eigenvalue weighted by Gasteiger charge is 2.23. The van der Waals surface area contributed by atoms with E-state index < -0.39 is 0 Å². The molecule has 2 unspecified atom stereocenters. The SMILES string of the molecule is CCCCC(NN)C1CCOC1. The smallest absolute Gasteiger partial charge is 0.0510 e. The van der Waals surface area contributed by atoms with Crippen LogP contribution < -0.4 is 11.3 Å². The van der Waals surface area contributed by atoms with Crippen LogP contribution in [0.5, 0.6) is 0 Å². The van der Waals surface area contributed by atoms with Gasteiger partial charge in [-0.3, -0.25) is 11.3 Å². The minimum Gasteiger partial charge on any atom is -0.381 e. The monoisotopic (exact) mass is 172 g/mol. The van der Waals surface area contributed by atoms with Gasteiger partial charge in [-0.15, -0.1) is 0 Å². The summed E-state index contributed by atoms with van der Waals surface area (Å²) in [6.45, 7) is 4.01. The Balaban J connectivity index is 2.22. The fraction of sp³-hybridized carbons (Fsp3) is 1.00. The molecule has 0 aliphatic carbocycles. The molecule has 1 rings (SSSR count). The number of hydrogen-bond acceptors (Lipinski definition) is 3. The molecule has 2 atom stereocenters. The topological polar surface area (TPSA) is 47.3 Å². The average Bonchev–Trinajstić information content (AvgIpc) is 2.59. The molecule has 12 heavy (non-hydrogen) atoms. The van der Waals surface area contributed by atoms with Crippen molar-refractivity contribution < 1.29 is 4.74 Å². The Labute approximate surface area is 74.6 Å². The zero-order valence-electron chi connectivity index (χ0n) is 7.88. The summed E-state index contributed by atoms with van der Waals surface area (Å²) in [4.78, 5) is 0. The van der Waals surface area contributed by atoms with Crippen molar-refractivity contribution in [1.82, 2.24) is 5.43 Å². The Morgan fingerprint density at radius 2 is 2.50 bits per heavy atom. The molecular weight excluding hydrogens is 152 g/mol. The van der Waals surface area contributed by atoms with Crippen LogP contribution in [-0.2, 0) is 4.74 Å². The molecule has 0 aromatic rings. The fourth-order valence-electron chi connectivity index (χ4n) is 1.75. The van der Waals surface area contributed by atoms with E-state index in [-0.39, 0.29) is 0 Å². The predicted octanol–water partition coefficient (Wildman–Crippen LogP) is 1.04. The predicted molar refractivity (Wildman–Crippen MR) is 49.6 cm³/mol. The highest BCUT2D eigenvalue weighted by Crippen LogP contribution is 2.19. The zero-order valence-corrected chi connectivity index (χ0v) is 7.88. The van der Waals surface area contributed by atoms with Crippen molar-refractivity contribution in [3.05, 3.63) is 0 Å². The van der Waals surface area contributed by atoms with E-state index in [9.17, 15) is 0 Å². The molecule has 1 aliphatic rings. The molecule has 0 spiro atoms. The maximum Gasteiger partial charge on any atom is 0.0510 e. The lowest BCUT2D eigenvalue weighted by Crippen LogP contribution is -2.41. The normalized spacial score (nSPS) is 26.0. The van der Waals surface area contributed by atoms with Crippen molar-refractivity contribution in [2.45, 2.75) is 38.6 Å². The molecule has 0 amide bonds. The summed E-state index contributed by atoms with van der Waals surface area (Å²) < 4.78 is 5.32. The Kier molecular flexibility index (Phi) is 4.58. The van der Waals surface area contributed by atoms with Crippen molar-refractivity contribution in [2.75, 3.05) is 13.2 Å². The molecule has 0 bridgehead atoms. The molecule has 3 nitrogen and oxygen atoms in total. The van der Waals surface area contributed by atoms with E-state index in [2.05, 4.69) is 12.3 Å². The molecule has 1 heterocycles. The van der Waals surface area contributed by atoms with Crippen molar-refractivity contribution in [2.24, 2.45) is 11.8 Å². The van der Waals surface area contributed by atoms with Gasteiger partial charge in [0.25, 0.3) is 0 Å². The lowest BCUT2D eigenvalue weighted by Gasteiger charge is -2.20. The third-order valence-electron chi connectivity index (χ3n) is 2.62. The second-order valence-corrected chi connectivity index (χ2v) is 3.54. The molecule has 0 radical (unpaired) electrons. The number of nitrogens with one attached hydrogen (secondary N) is 1. The molecule has 3 N–H and O–H groups in total. The quantitative estimate of drug-likeness (QED) is 0.481. The van der Waals surface area contributed by atoms with Crippen LogP contribution in [0.15, 0.2) is 0 Å². The van der Waals surface area contributed by atoms with E-state index in [4.69, 9.17) is 10.6 Å². The summed E-state index contributed by atoms with van der Waals surface area (Å²) in [7, 11) is 0. The second-order valence-electron chi connectivity index (χ2n) is 3.54. The van der Waals surface area contributed by atoms with Crippen LogP contribution in [0.4, 0.5) is 0 Å². The summed E-state index contributed by atoms with van der Waals surface area (Å²) in [5.41, 5.74) is 2.90. The van der Waals surface area contributed by atoms with E-state index in [1.54, 1.807) is 0 Å². The number of ether oxygens (including phenoxy) is 1. The third kappa shape index (κ3) is 2.73. The summed E-state index contributed by atoms with van der Waals surface area (Å²) in [6, 6.07) is 0.465. The lowest BCUT2D eigenvalue weighted by atomic mass is 9.95. The van der Waals surface area contributed by atoms with Crippen molar-refractivity contribution >= 4 is 0 Å². The number of unbranched alkanes of at least 4 members (excludes halogenated alkanes) is 1.